The monoisotopic (exact) mass is 335 g/mol. The van der Waals surface area contributed by atoms with E-state index in [1.165, 1.54) is 5.56 Å². The highest BCUT2D eigenvalue weighted by molar-refractivity contribution is 6.01. The Balaban J connectivity index is 1.91. The number of fused-ring (bicyclic) bond motifs is 1. The van der Waals surface area contributed by atoms with E-state index in [4.69, 9.17) is 0 Å². The molecule has 25 heavy (non-hydrogen) atoms. The van der Waals surface area contributed by atoms with E-state index in [0.29, 0.717) is 6.42 Å². The summed E-state index contributed by atoms with van der Waals surface area (Å²) in [7, 11) is 0. The molecule has 0 bridgehead atoms. The molecule has 1 unspecified atom stereocenters. The maximum absolute atomic E-state index is 13.1. The molecule has 0 saturated carbocycles. The lowest BCUT2D eigenvalue weighted by molar-refractivity contribution is -0.118. The fourth-order valence-electron chi connectivity index (χ4n) is 4.28. The van der Waals surface area contributed by atoms with E-state index in [1.807, 2.05) is 18.2 Å². The van der Waals surface area contributed by atoms with E-state index in [2.05, 4.69) is 48.4 Å². The van der Waals surface area contributed by atoms with Gasteiger partial charge in [0.15, 0.2) is 11.6 Å². The molecule has 1 aromatic carbocycles. The maximum Gasteiger partial charge on any atom is 0.162 e. The SMILES string of the molecule is CCCc1[nH]nc2c1C(c1ccccc1)C1=C(CC(C)(C)CC1=O)N2. The molecular formula is C21H25N3O. The van der Waals surface area contributed by atoms with Crippen molar-refractivity contribution in [2.24, 2.45) is 5.41 Å². The van der Waals surface area contributed by atoms with Crippen molar-refractivity contribution < 1.29 is 4.79 Å². The Morgan fingerprint density at radius 2 is 1.96 bits per heavy atom. The molecule has 4 rings (SSSR count). The van der Waals surface area contributed by atoms with E-state index >= 15 is 0 Å². The van der Waals surface area contributed by atoms with Crippen LogP contribution in [0.5, 0.6) is 0 Å². The fraction of sp³-hybridized carbons (Fsp3) is 0.429. The topological polar surface area (TPSA) is 57.8 Å². The number of anilines is 1. The number of carbonyl (C=O) groups excluding carboxylic acids is 1. The van der Waals surface area contributed by atoms with Crippen LogP contribution >= 0.6 is 0 Å². The predicted octanol–water partition coefficient (Wildman–Crippen LogP) is 4.56. The minimum atomic E-state index is -0.0173. The van der Waals surface area contributed by atoms with E-state index < -0.39 is 0 Å². The molecule has 1 aromatic heterocycles. The first-order chi connectivity index (χ1) is 12.0. The molecule has 0 radical (unpaired) electrons. The van der Waals surface area contributed by atoms with Crippen LogP contribution < -0.4 is 5.32 Å². The van der Waals surface area contributed by atoms with E-state index in [9.17, 15) is 4.79 Å². The molecule has 4 heteroatoms. The number of hydrogen-bond donors (Lipinski definition) is 2. The summed E-state index contributed by atoms with van der Waals surface area (Å²) in [4.78, 5) is 13.1. The lowest BCUT2D eigenvalue weighted by Gasteiger charge is -2.38. The second kappa shape index (κ2) is 5.87. The van der Waals surface area contributed by atoms with Gasteiger partial charge in [0.25, 0.3) is 0 Å². The van der Waals surface area contributed by atoms with Crippen molar-refractivity contribution in [2.45, 2.75) is 52.4 Å². The number of H-pyrrole nitrogens is 1. The number of carbonyl (C=O) groups is 1. The Morgan fingerprint density at radius 1 is 1.20 bits per heavy atom. The molecule has 4 nitrogen and oxygen atoms in total. The number of aryl methyl sites for hydroxylation is 1. The third-order valence-corrected chi connectivity index (χ3v) is 5.28. The summed E-state index contributed by atoms with van der Waals surface area (Å²) in [5, 5.41) is 11.2. The molecule has 2 heterocycles. The van der Waals surface area contributed by atoms with E-state index in [1.54, 1.807) is 0 Å². The molecule has 0 saturated heterocycles. The number of aromatic nitrogens is 2. The van der Waals surface area contributed by atoms with Gasteiger partial charge >= 0.3 is 0 Å². The molecule has 0 amide bonds. The molecular weight excluding hydrogens is 310 g/mol. The normalized spacial score (nSPS) is 21.6. The van der Waals surface area contributed by atoms with Gasteiger partial charge in [-0.05, 0) is 23.8 Å². The smallest absolute Gasteiger partial charge is 0.162 e. The molecule has 2 N–H and O–H groups in total. The highest BCUT2D eigenvalue weighted by Gasteiger charge is 2.42. The number of nitrogens with zero attached hydrogens (tertiary/aromatic N) is 1. The maximum atomic E-state index is 13.1. The van der Waals surface area contributed by atoms with Crippen molar-refractivity contribution in [1.82, 2.24) is 10.2 Å². The average Bonchev–Trinajstić information content (AvgIpc) is 2.95. The van der Waals surface area contributed by atoms with Crippen molar-refractivity contribution in [1.29, 1.82) is 0 Å². The summed E-state index contributed by atoms with van der Waals surface area (Å²) in [5.41, 5.74) is 5.45. The number of ketones is 1. The Labute approximate surface area is 148 Å². The first-order valence-electron chi connectivity index (χ1n) is 9.15. The van der Waals surface area contributed by atoms with Gasteiger partial charge < -0.3 is 5.32 Å². The molecule has 2 aromatic rings. The second-order valence-electron chi connectivity index (χ2n) is 8.02. The quantitative estimate of drug-likeness (QED) is 0.864. The Morgan fingerprint density at radius 3 is 2.68 bits per heavy atom. The van der Waals surface area contributed by atoms with Crippen LogP contribution in [0.1, 0.15) is 62.8 Å². The summed E-state index contributed by atoms with van der Waals surface area (Å²) >= 11 is 0. The van der Waals surface area contributed by atoms with E-state index in [-0.39, 0.29) is 17.1 Å². The first kappa shape index (κ1) is 16.1. The molecule has 1 atom stereocenters. The van der Waals surface area contributed by atoms with Gasteiger partial charge in [-0.15, -0.1) is 0 Å². The highest BCUT2D eigenvalue weighted by atomic mass is 16.1. The first-order valence-corrected chi connectivity index (χ1v) is 9.15. The van der Waals surface area contributed by atoms with Gasteiger partial charge in [-0.2, -0.15) is 5.10 Å². The number of nitrogens with one attached hydrogen (secondary N) is 2. The number of Topliss-reactive ketones (excluding diaryl/α,β-unsaturated/α-hetero) is 1. The number of hydrogen-bond acceptors (Lipinski definition) is 3. The predicted molar refractivity (Wildman–Crippen MR) is 99.5 cm³/mol. The standard InChI is InChI=1S/C21H25N3O/c1-4-8-14-19-17(13-9-6-5-7-10-13)18-15(22-20(19)24-23-14)11-21(2,3)12-16(18)25/h5-7,9-10,17H,4,8,11-12H2,1-3H3,(H2,22,23,24). The zero-order chi connectivity index (χ0) is 17.6. The van der Waals surface area contributed by atoms with Gasteiger partial charge in [-0.3, -0.25) is 9.89 Å². The fourth-order valence-corrected chi connectivity index (χ4v) is 4.28. The van der Waals surface area contributed by atoms with Crippen molar-refractivity contribution in [3.63, 3.8) is 0 Å². The third-order valence-electron chi connectivity index (χ3n) is 5.28. The van der Waals surface area contributed by atoms with Gasteiger partial charge in [0.2, 0.25) is 0 Å². The van der Waals surface area contributed by atoms with Crippen molar-refractivity contribution >= 4 is 11.6 Å². The van der Waals surface area contributed by atoms with Crippen molar-refractivity contribution in [3.05, 3.63) is 58.4 Å². The van der Waals surface area contributed by atoms with Gasteiger partial charge in [0.1, 0.15) is 0 Å². The molecule has 2 aliphatic rings. The summed E-state index contributed by atoms with van der Waals surface area (Å²) in [5.74, 6) is 1.14. The zero-order valence-electron chi connectivity index (χ0n) is 15.1. The van der Waals surface area contributed by atoms with Crippen LogP contribution in [0.25, 0.3) is 0 Å². The van der Waals surface area contributed by atoms with Gasteiger partial charge in [0.05, 0.1) is 0 Å². The largest absolute Gasteiger partial charge is 0.342 e. The van der Waals surface area contributed by atoms with Crippen molar-refractivity contribution in [2.75, 3.05) is 5.32 Å². The third kappa shape index (κ3) is 2.70. The lowest BCUT2D eigenvalue weighted by Crippen LogP contribution is -2.33. The van der Waals surface area contributed by atoms with Crippen LogP contribution in [0, 0.1) is 5.41 Å². The van der Waals surface area contributed by atoms with Crippen LogP contribution in [0.4, 0.5) is 5.82 Å². The Kier molecular flexibility index (Phi) is 3.78. The summed E-state index contributed by atoms with van der Waals surface area (Å²) in [6.07, 6.45) is 3.47. The molecule has 1 aliphatic heterocycles. The zero-order valence-corrected chi connectivity index (χ0v) is 15.1. The van der Waals surface area contributed by atoms with Crippen LogP contribution in [0.15, 0.2) is 41.6 Å². The van der Waals surface area contributed by atoms with Crippen LogP contribution in [-0.2, 0) is 11.2 Å². The van der Waals surface area contributed by atoms with Crippen LogP contribution in [-0.4, -0.2) is 16.0 Å². The lowest BCUT2D eigenvalue weighted by atomic mass is 9.69. The number of aromatic amines is 1. The summed E-state index contributed by atoms with van der Waals surface area (Å²) in [6, 6.07) is 10.4. The molecule has 1 aliphatic carbocycles. The van der Waals surface area contributed by atoms with Gasteiger partial charge in [-0.25, -0.2) is 0 Å². The number of rotatable bonds is 3. The summed E-state index contributed by atoms with van der Waals surface area (Å²) < 4.78 is 0. The minimum absolute atomic E-state index is 0.00971. The molecule has 130 valence electrons. The molecule has 0 fully saturated rings. The van der Waals surface area contributed by atoms with Crippen LogP contribution in [0.2, 0.25) is 0 Å². The molecule has 0 spiro atoms. The number of benzene rings is 1. The van der Waals surface area contributed by atoms with Gasteiger partial charge in [-0.1, -0.05) is 57.5 Å². The Hall–Kier alpha value is -2.36. The van der Waals surface area contributed by atoms with Crippen LogP contribution in [0.3, 0.4) is 0 Å². The minimum Gasteiger partial charge on any atom is -0.342 e. The van der Waals surface area contributed by atoms with E-state index in [0.717, 1.165) is 47.6 Å². The summed E-state index contributed by atoms with van der Waals surface area (Å²) in [6.45, 7) is 6.49. The highest BCUT2D eigenvalue weighted by Crippen LogP contribution is 2.49. The Bertz CT molecular complexity index is 845. The number of allylic oxidation sites excluding steroid dienone is 2. The van der Waals surface area contributed by atoms with Gasteiger partial charge in [0, 0.05) is 34.9 Å². The van der Waals surface area contributed by atoms with Crippen molar-refractivity contribution in [3.8, 4) is 0 Å². The average molecular weight is 335 g/mol. The second-order valence-corrected chi connectivity index (χ2v) is 8.02.